The first-order chi connectivity index (χ1) is 14.1. The van der Waals surface area contributed by atoms with Gasteiger partial charge in [-0.25, -0.2) is 0 Å². The van der Waals surface area contributed by atoms with Gasteiger partial charge in [0.05, 0.1) is 22.4 Å². The molecule has 0 N–H and O–H groups in total. The number of carbonyl (C=O) groups excluding carboxylic acids is 1. The third kappa shape index (κ3) is 5.14. The van der Waals surface area contributed by atoms with Crippen LogP contribution in [0.3, 0.4) is 0 Å². The molecule has 0 atom stereocenters. The van der Waals surface area contributed by atoms with E-state index in [9.17, 15) is 4.79 Å². The molecule has 31 heavy (non-hydrogen) atoms. The Morgan fingerprint density at radius 3 is 1.94 bits per heavy atom. The standard InChI is InChI=1S/C23H34B2O5S/c1-16(26)31-15-19(25-29-22(6,7)23(8,9)30-25)14-17-11-10-12-18(13-17)24-27-20(2,3)21(4,5)28-24/h10-14H,15H2,1-9H3. The Hall–Kier alpha value is -1.05. The minimum absolute atomic E-state index is 0.0633. The highest BCUT2D eigenvalue weighted by Gasteiger charge is 2.53. The van der Waals surface area contributed by atoms with Crippen LogP contribution < -0.4 is 5.46 Å². The SMILES string of the molecule is CC(=O)SCC(=Cc1cccc(B2OC(C)(C)C(C)(C)O2)c1)B1OC(C)(C)C(C)(C)O1. The van der Waals surface area contributed by atoms with Crippen molar-refractivity contribution in [2.45, 2.75) is 84.7 Å². The van der Waals surface area contributed by atoms with E-state index in [1.807, 2.05) is 79.7 Å². The van der Waals surface area contributed by atoms with Crippen LogP contribution in [-0.2, 0) is 23.4 Å². The molecule has 3 rings (SSSR count). The van der Waals surface area contributed by atoms with E-state index in [0.717, 1.165) is 16.5 Å². The third-order valence-corrected chi connectivity index (χ3v) is 7.67. The average Bonchev–Trinajstić information content (AvgIpc) is 2.98. The molecule has 0 radical (unpaired) electrons. The maximum absolute atomic E-state index is 11.6. The van der Waals surface area contributed by atoms with Gasteiger partial charge >= 0.3 is 14.2 Å². The van der Waals surface area contributed by atoms with Crippen molar-refractivity contribution < 1.29 is 23.4 Å². The topological polar surface area (TPSA) is 54.0 Å². The molecule has 2 fully saturated rings. The van der Waals surface area contributed by atoms with Crippen molar-refractivity contribution in [2.24, 2.45) is 0 Å². The summed E-state index contributed by atoms with van der Waals surface area (Å²) in [6.45, 7) is 17.9. The molecule has 0 saturated carbocycles. The lowest BCUT2D eigenvalue weighted by molar-refractivity contribution is -0.109. The van der Waals surface area contributed by atoms with E-state index in [0.29, 0.717) is 5.75 Å². The van der Waals surface area contributed by atoms with Crippen LogP contribution in [0, 0.1) is 0 Å². The van der Waals surface area contributed by atoms with E-state index in [1.165, 1.54) is 11.8 Å². The van der Waals surface area contributed by atoms with Gasteiger partial charge in [-0.15, -0.1) is 0 Å². The zero-order chi connectivity index (χ0) is 23.2. The Bertz CT molecular complexity index is 846. The van der Waals surface area contributed by atoms with Gasteiger partial charge in [-0.2, -0.15) is 0 Å². The second-order valence-electron chi connectivity index (χ2n) is 10.3. The van der Waals surface area contributed by atoms with Crippen molar-refractivity contribution in [3.05, 3.63) is 35.3 Å². The zero-order valence-corrected chi connectivity index (χ0v) is 21.0. The van der Waals surface area contributed by atoms with Crippen LogP contribution in [0.2, 0.25) is 0 Å². The quantitative estimate of drug-likeness (QED) is 0.633. The van der Waals surface area contributed by atoms with Crippen LogP contribution in [-0.4, -0.2) is 47.5 Å². The second-order valence-corrected chi connectivity index (χ2v) is 11.5. The molecule has 2 saturated heterocycles. The number of rotatable bonds is 5. The molecule has 0 spiro atoms. The smallest absolute Gasteiger partial charge is 0.400 e. The molecule has 0 aromatic heterocycles. The number of thioether (sulfide) groups is 1. The summed E-state index contributed by atoms with van der Waals surface area (Å²) in [6.07, 6.45) is 2.05. The van der Waals surface area contributed by atoms with Crippen LogP contribution in [0.5, 0.6) is 0 Å². The van der Waals surface area contributed by atoms with E-state index in [4.69, 9.17) is 18.6 Å². The average molecular weight is 444 g/mol. The van der Waals surface area contributed by atoms with Gasteiger partial charge in [0.1, 0.15) is 0 Å². The summed E-state index contributed by atoms with van der Waals surface area (Å²) in [7, 11) is -0.928. The molecule has 2 heterocycles. The molecule has 0 aliphatic carbocycles. The van der Waals surface area contributed by atoms with E-state index in [1.54, 1.807) is 6.92 Å². The van der Waals surface area contributed by atoms with Crippen molar-refractivity contribution in [1.82, 2.24) is 0 Å². The molecule has 0 amide bonds. The van der Waals surface area contributed by atoms with E-state index in [-0.39, 0.29) is 5.12 Å². The van der Waals surface area contributed by atoms with Crippen LogP contribution in [0.15, 0.2) is 29.7 Å². The molecule has 168 valence electrons. The monoisotopic (exact) mass is 444 g/mol. The molecular formula is C23H34B2O5S. The van der Waals surface area contributed by atoms with Crippen LogP contribution in [0.4, 0.5) is 0 Å². The van der Waals surface area contributed by atoms with Crippen molar-refractivity contribution >= 4 is 42.7 Å². The van der Waals surface area contributed by atoms with Crippen LogP contribution in [0.1, 0.15) is 67.9 Å². The van der Waals surface area contributed by atoms with E-state index >= 15 is 0 Å². The van der Waals surface area contributed by atoms with Gasteiger partial charge in [0, 0.05) is 12.7 Å². The highest BCUT2D eigenvalue weighted by Crippen LogP contribution is 2.40. The van der Waals surface area contributed by atoms with Gasteiger partial charge in [0.25, 0.3) is 0 Å². The molecule has 0 unspecified atom stereocenters. The normalized spacial score (nSPS) is 24.0. The summed E-state index contributed by atoms with van der Waals surface area (Å²) in [6, 6.07) is 8.09. The molecule has 8 heteroatoms. The fourth-order valence-corrected chi connectivity index (χ4v) is 3.94. The largest absolute Gasteiger partial charge is 0.494 e. The van der Waals surface area contributed by atoms with Gasteiger partial charge in [-0.3, -0.25) is 4.79 Å². The molecular weight excluding hydrogens is 410 g/mol. The van der Waals surface area contributed by atoms with Crippen molar-refractivity contribution in [3.63, 3.8) is 0 Å². The summed E-state index contributed by atoms with van der Waals surface area (Å²) in [5.41, 5.74) is 1.20. The highest BCUT2D eigenvalue weighted by atomic mass is 32.2. The second kappa shape index (κ2) is 8.38. The molecule has 1 aromatic rings. The Morgan fingerprint density at radius 1 is 0.903 bits per heavy atom. The summed E-state index contributed by atoms with van der Waals surface area (Å²) < 4.78 is 24.9. The van der Waals surface area contributed by atoms with Gasteiger partial charge in [-0.1, -0.05) is 42.1 Å². The fraction of sp³-hybridized carbons (Fsp3) is 0.609. The van der Waals surface area contributed by atoms with Gasteiger partial charge in [0.2, 0.25) is 0 Å². The Labute approximate surface area is 191 Å². The van der Waals surface area contributed by atoms with Crippen LogP contribution >= 0.6 is 11.8 Å². The Balaban J connectivity index is 1.89. The van der Waals surface area contributed by atoms with Crippen molar-refractivity contribution in [3.8, 4) is 0 Å². The first-order valence-corrected chi connectivity index (χ1v) is 11.8. The zero-order valence-electron chi connectivity index (χ0n) is 20.2. The maximum atomic E-state index is 11.6. The number of benzene rings is 1. The van der Waals surface area contributed by atoms with Gasteiger partial charge in [0.15, 0.2) is 5.12 Å². The summed E-state index contributed by atoms with van der Waals surface area (Å²) in [4.78, 5) is 11.6. The Morgan fingerprint density at radius 2 is 1.42 bits per heavy atom. The van der Waals surface area contributed by atoms with E-state index < -0.39 is 36.6 Å². The number of hydrogen-bond donors (Lipinski definition) is 0. The number of carbonyl (C=O) groups is 1. The number of hydrogen-bond acceptors (Lipinski definition) is 6. The lowest BCUT2D eigenvalue weighted by Gasteiger charge is -2.32. The third-order valence-electron chi connectivity index (χ3n) is 6.79. The van der Waals surface area contributed by atoms with Crippen LogP contribution in [0.25, 0.3) is 6.08 Å². The predicted molar refractivity (Wildman–Crippen MR) is 129 cm³/mol. The van der Waals surface area contributed by atoms with Crippen molar-refractivity contribution in [1.29, 1.82) is 0 Å². The molecule has 5 nitrogen and oxygen atoms in total. The fourth-order valence-electron chi connectivity index (χ4n) is 3.35. The molecule has 1 aromatic carbocycles. The molecule has 2 aliphatic heterocycles. The lowest BCUT2D eigenvalue weighted by atomic mass is 9.76. The van der Waals surface area contributed by atoms with Crippen molar-refractivity contribution in [2.75, 3.05) is 5.75 Å². The summed E-state index contributed by atoms with van der Waals surface area (Å²) in [5.74, 6) is 0.507. The minimum atomic E-state index is -0.502. The lowest BCUT2D eigenvalue weighted by Crippen LogP contribution is -2.41. The Kier molecular flexibility index (Phi) is 6.65. The highest BCUT2D eigenvalue weighted by molar-refractivity contribution is 8.13. The molecule has 2 aliphatic rings. The van der Waals surface area contributed by atoms with Gasteiger partial charge in [-0.05, 0) is 71.9 Å². The van der Waals surface area contributed by atoms with Gasteiger partial charge < -0.3 is 18.6 Å². The first kappa shape index (κ1) is 24.6. The summed E-state index contributed by atoms with van der Waals surface area (Å²) >= 11 is 1.26. The van der Waals surface area contributed by atoms with E-state index in [2.05, 4.69) is 6.07 Å². The predicted octanol–water partition coefficient (Wildman–Crippen LogP) is 4.28. The first-order valence-electron chi connectivity index (χ1n) is 10.8. The maximum Gasteiger partial charge on any atom is 0.494 e. The summed E-state index contributed by atoms with van der Waals surface area (Å²) in [5, 5.41) is 0.0633. The minimum Gasteiger partial charge on any atom is -0.400 e. The molecule has 0 bridgehead atoms.